The first-order valence-electron chi connectivity index (χ1n) is 11.5. The van der Waals surface area contributed by atoms with Gasteiger partial charge in [0.15, 0.2) is 11.5 Å². The largest absolute Gasteiger partial charge is 0.490 e. The fourth-order valence-corrected chi connectivity index (χ4v) is 3.85. The Morgan fingerprint density at radius 1 is 1.12 bits per heavy atom. The molecular weight excluding hydrogens is 458 g/mol. The summed E-state index contributed by atoms with van der Waals surface area (Å²) in [6.45, 7) is 7.73. The van der Waals surface area contributed by atoms with Crippen molar-refractivity contribution in [1.29, 1.82) is 0 Å². The summed E-state index contributed by atoms with van der Waals surface area (Å²) in [4.78, 5) is 29.1. The summed E-state index contributed by atoms with van der Waals surface area (Å²) >= 11 is 6.37. The first kappa shape index (κ1) is 25.6. The number of ether oxygens (including phenoxy) is 3. The van der Waals surface area contributed by atoms with Crippen molar-refractivity contribution in [3.8, 4) is 11.5 Å². The Labute approximate surface area is 205 Å². The van der Waals surface area contributed by atoms with E-state index in [1.165, 1.54) is 11.0 Å². The Bertz CT molecular complexity index is 977. The summed E-state index contributed by atoms with van der Waals surface area (Å²) in [5.41, 5.74) is 2.08. The number of carbonyl (C=O) groups is 2. The number of rotatable bonds is 10. The van der Waals surface area contributed by atoms with Crippen molar-refractivity contribution in [2.24, 2.45) is 0 Å². The average molecular weight is 490 g/mol. The molecule has 1 aliphatic rings. The molecular formula is C25H32ClN3O5. The predicted molar refractivity (Wildman–Crippen MR) is 133 cm³/mol. The summed E-state index contributed by atoms with van der Waals surface area (Å²) in [6.07, 6.45) is 0.816. The number of nitrogens with zero attached hydrogens (tertiary/aromatic N) is 2. The maximum absolute atomic E-state index is 13.0. The fourth-order valence-electron chi connectivity index (χ4n) is 3.58. The van der Waals surface area contributed by atoms with Gasteiger partial charge in [-0.2, -0.15) is 0 Å². The van der Waals surface area contributed by atoms with E-state index in [4.69, 9.17) is 25.8 Å². The molecule has 1 fully saturated rings. The van der Waals surface area contributed by atoms with Crippen LogP contribution in [0.5, 0.6) is 11.5 Å². The summed E-state index contributed by atoms with van der Waals surface area (Å²) in [7, 11) is 1.57. The monoisotopic (exact) mass is 489 g/mol. The van der Waals surface area contributed by atoms with E-state index in [0.29, 0.717) is 54.2 Å². The zero-order chi connectivity index (χ0) is 24.5. The van der Waals surface area contributed by atoms with E-state index in [1.807, 2.05) is 38.1 Å². The van der Waals surface area contributed by atoms with Gasteiger partial charge in [-0.1, -0.05) is 18.5 Å². The molecule has 3 rings (SSSR count). The first-order chi connectivity index (χ1) is 16.4. The molecule has 0 aliphatic carbocycles. The number of hydrogen-bond acceptors (Lipinski definition) is 6. The van der Waals surface area contributed by atoms with Gasteiger partial charge in [0.25, 0.3) is 5.91 Å². The zero-order valence-electron chi connectivity index (χ0n) is 19.9. The molecule has 1 heterocycles. The summed E-state index contributed by atoms with van der Waals surface area (Å²) in [5.74, 6) is 0.185. The minimum absolute atomic E-state index is 0.111. The van der Waals surface area contributed by atoms with Gasteiger partial charge < -0.3 is 29.3 Å². The van der Waals surface area contributed by atoms with Crippen LogP contribution in [0, 0.1) is 0 Å². The van der Waals surface area contributed by atoms with Crippen LogP contribution in [0.15, 0.2) is 36.4 Å². The number of anilines is 2. The highest BCUT2D eigenvalue weighted by atomic mass is 35.5. The zero-order valence-corrected chi connectivity index (χ0v) is 20.7. The van der Waals surface area contributed by atoms with Crippen LogP contribution in [-0.4, -0.2) is 69.8 Å². The van der Waals surface area contributed by atoms with Crippen molar-refractivity contribution >= 4 is 34.8 Å². The van der Waals surface area contributed by atoms with Crippen LogP contribution in [0.3, 0.4) is 0 Å². The summed E-state index contributed by atoms with van der Waals surface area (Å²) in [6, 6.07) is 10.8. The quantitative estimate of drug-likeness (QED) is 0.541. The molecule has 1 N–H and O–H groups in total. The number of hydrogen-bond donors (Lipinski definition) is 1. The highest BCUT2D eigenvalue weighted by Gasteiger charge is 2.20. The molecule has 184 valence electrons. The Morgan fingerprint density at radius 3 is 2.47 bits per heavy atom. The number of carbonyl (C=O) groups excluding carboxylic acids is 2. The highest BCUT2D eigenvalue weighted by molar-refractivity contribution is 6.32. The predicted octanol–water partition coefficient (Wildman–Crippen LogP) is 4.07. The highest BCUT2D eigenvalue weighted by Crippen LogP contribution is 2.37. The van der Waals surface area contributed by atoms with E-state index in [2.05, 4.69) is 10.2 Å². The van der Waals surface area contributed by atoms with Crippen LogP contribution in [-0.2, 0) is 9.53 Å². The summed E-state index contributed by atoms with van der Waals surface area (Å²) in [5, 5.41) is 3.13. The lowest BCUT2D eigenvalue weighted by atomic mass is 10.1. The Kier molecular flexibility index (Phi) is 9.42. The van der Waals surface area contributed by atoms with Crippen molar-refractivity contribution in [3.05, 3.63) is 47.0 Å². The van der Waals surface area contributed by atoms with Crippen molar-refractivity contribution in [1.82, 2.24) is 4.90 Å². The van der Waals surface area contributed by atoms with Crippen LogP contribution in [0.25, 0.3) is 0 Å². The van der Waals surface area contributed by atoms with Gasteiger partial charge in [0, 0.05) is 37.1 Å². The van der Waals surface area contributed by atoms with Crippen LogP contribution in [0.4, 0.5) is 11.4 Å². The molecule has 2 amide bonds. The van der Waals surface area contributed by atoms with Crippen molar-refractivity contribution in [2.45, 2.75) is 20.3 Å². The number of likely N-dealkylation sites (N-methyl/N-ethyl adjacent to an activating group) is 1. The van der Waals surface area contributed by atoms with Crippen LogP contribution in [0.1, 0.15) is 30.6 Å². The molecule has 0 saturated carbocycles. The lowest BCUT2D eigenvalue weighted by molar-refractivity contribution is -0.116. The van der Waals surface area contributed by atoms with Gasteiger partial charge in [-0.3, -0.25) is 9.59 Å². The normalized spacial score (nSPS) is 13.4. The molecule has 0 unspecified atom stereocenters. The van der Waals surface area contributed by atoms with E-state index >= 15 is 0 Å². The maximum Gasteiger partial charge on any atom is 0.254 e. The Hall–Kier alpha value is -2.97. The summed E-state index contributed by atoms with van der Waals surface area (Å²) < 4.78 is 16.7. The minimum Gasteiger partial charge on any atom is -0.490 e. The Morgan fingerprint density at radius 2 is 1.82 bits per heavy atom. The maximum atomic E-state index is 13.0. The van der Waals surface area contributed by atoms with Gasteiger partial charge in [0.1, 0.15) is 0 Å². The third-order valence-corrected chi connectivity index (χ3v) is 5.54. The number of morpholine rings is 1. The number of nitrogens with one attached hydrogen (secondary N) is 1. The third-order valence-electron chi connectivity index (χ3n) is 5.26. The van der Waals surface area contributed by atoms with Crippen molar-refractivity contribution in [3.63, 3.8) is 0 Å². The minimum atomic E-state index is -0.345. The molecule has 1 saturated heterocycles. The third kappa shape index (κ3) is 6.77. The van der Waals surface area contributed by atoms with Crippen molar-refractivity contribution in [2.75, 3.05) is 63.3 Å². The van der Waals surface area contributed by atoms with Gasteiger partial charge in [-0.05, 0) is 49.7 Å². The van der Waals surface area contributed by atoms with E-state index in [-0.39, 0.29) is 18.4 Å². The molecule has 8 nitrogen and oxygen atoms in total. The van der Waals surface area contributed by atoms with E-state index in [1.54, 1.807) is 13.1 Å². The smallest absolute Gasteiger partial charge is 0.254 e. The molecule has 0 radical (unpaired) electrons. The molecule has 0 atom stereocenters. The topological polar surface area (TPSA) is 80.3 Å². The SMILES string of the molecule is CCCOc1c(Cl)cc(C(=O)N(C)CC(=O)Nc2ccc(N3CCOCC3)cc2)cc1OCC. The van der Waals surface area contributed by atoms with Crippen molar-refractivity contribution < 1.29 is 23.8 Å². The molecule has 2 aromatic rings. The van der Waals surface area contributed by atoms with Gasteiger partial charge in [-0.25, -0.2) is 0 Å². The van der Waals surface area contributed by atoms with E-state index in [0.717, 1.165) is 25.2 Å². The Balaban J connectivity index is 1.61. The molecule has 34 heavy (non-hydrogen) atoms. The molecule has 0 bridgehead atoms. The van der Waals surface area contributed by atoms with Gasteiger partial charge in [-0.15, -0.1) is 0 Å². The molecule has 0 spiro atoms. The standard InChI is InChI=1S/C25H32ClN3O5/c1-4-12-34-24-21(26)15-18(16-22(24)33-5-2)25(31)28(3)17-23(30)27-19-6-8-20(9-7-19)29-10-13-32-14-11-29/h6-9,15-16H,4-5,10-14,17H2,1-3H3,(H,27,30). The second-order valence-corrected chi connectivity index (χ2v) is 8.33. The van der Waals surface area contributed by atoms with Gasteiger partial charge >= 0.3 is 0 Å². The first-order valence-corrected chi connectivity index (χ1v) is 11.9. The van der Waals surface area contributed by atoms with E-state index < -0.39 is 0 Å². The molecule has 1 aliphatic heterocycles. The second-order valence-electron chi connectivity index (χ2n) is 7.92. The molecule has 9 heteroatoms. The van der Waals surface area contributed by atoms with Crippen LogP contribution in [0.2, 0.25) is 5.02 Å². The van der Waals surface area contributed by atoms with Gasteiger partial charge in [0.2, 0.25) is 5.91 Å². The lowest BCUT2D eigenvalue weighted by Crippen LogP contribution is -2.36. The van der Waals surface area contributed by atoms with E-state index in [9.17, 15) is 9.59 Å². The van der Waals surface area contributed by atoms with Crippen LogP contribution >= 0.6 is 11.6 Å². The number of benzene rings is 2. The molecule has 0 aromatic heterocycles. The molecule has 2 aromatic carbocycles. The second kappa shape index (κ2) is 12.5. The fraction of sp³-hybridized carbons (Fsp3) is 0.440. The lowest BCUT2D eigenvalue weighted by Gasteiger charge is -2.28. The van der Waals surface area contributed by atoms with Crippen LogP contribution < -0.4 is 19.7 Å². The van der Waals surface area contributed by atoms with Gasteiger partial charge in [0.05, 0.1) is 38.0 Å². The number of halogens is 1. The average Bonchev–Trinajstić information content (AvgIpc) is 2.84. The number of amides is 2.